The van der Waals surface area contributed by atoms with Crippen molar-refractivity contribution in [3.05, 3.63) is 11.3 Å². The lowest BCUT2D eigenvalue weighted by Gasteiger charge is -2.30. The number of nitrogens with one attached hydrogen (secondary N) is 2. The average Bonchev–Trinajstić information content (AvgIpc) is 2.60. The fourth-order valence-corrected chi connectivity index (χ4v) is 2.47. The van der Waals surface area contributed by atoms with Gasteiger partial charge in [-0.25, -0.2) is 0 Å². The molecule has 1 aromatic rings. The fourth-order valence-electron chi connectivity index (χ4n) is 2.47. The standard InChI is InChI=1S/C14H25N5O/c1-10-11(8-16-14(2,3)4)13(18(5)17-10)19-7-6-15-12(20)9-19/h16H,6-9H2,1-5H3,(H,15,20). The third-order valence-electron chi connectivity index (χ3n) is 3.45. The molecule has 0 unspecified atom stereocenters. The van der Waals surface area contributed by atoms with E-state index in [1.807, 2.05) is 18.7 Å². The second-order valence-corrected chi connectivity index (χ2v) is 6.39. The van der Waals surface area contributed by atoms with Gasteiger partial charge in [-0.2, -0.15) is 5.10 Å². The van der Waals surface area contributed by atoms with E-state index in [1.165, 1.54) is 5.56 Å². The summed E-state index contributed by atoms with van der Waals surface area (Å²) in [5, 5.41) is 10.9. The van der Waals surface area contributed by atoms with Crippen LogP contribution in [-0.2, 0) is 18.4 Å². The van der Waals surface area contributed by atoms with E-state index in [2.05, 4.69) is 41.4 Å². The van der Waals surface area contributed by atoms with Crippen LogP contribution in [0.3, 0.4) is 0 Å². The topological polar surface area (TPSA) is 62.2 Å². The van der Waals surface area contributed by atoms with Crippen LogP contribution in [0.15, 0.2) is 0 Å². The summed E-state index contributed by atoms with van der Waals surface area (Å²) in [5.41, 5.74) is 2.25. The number of aryl methyl sites for hydroxylation is 2. The molecule has 1 aliphatic rings. The van der Waals surface area contributed by atoms with Gasteiger partial charge in [-0.3, -0.25) is 9.48 Å². The predicted octanol–water partition coefficient (Wildman–Crippen LogP) is 0.553. The number of nitrogens with zero attached hydrogens (tertiary/aromatic N) is 3. The van der Waals surface area contributed by atoms with Gasteiger partial charge in [0.2, 0.25) is 5.91 Å². The second kappa shape index (κ2) is 5.44. The van der Waals surface area contributed by atoms with Gasteiger partial charge in [-0.15, -0.1) is 0 Å². The maximum absolute atomic E-state index is 11.6. The molecule has 112 valence electrons. The Labute approximate surface area is 120 Å². The van der Waals surface area contributed by atoms with Crippen molar-refractivity contribution in [2.45, 2.75) is 39.8 Å². The van der Waals surface area contributed by atoms with Gasteiger partial charge in [0.25, 0.3) is 0 Å². The lowest BCUT2D eigenvalue weighted by Crippen LogP contribution is -2.48. The summed E-state index contributed by atoms with van der Waals surface area (Å²) in [6.07, 6.45) is 0. The second-order valence-electron chi connectivity index (χ2n) is 6.39. The number of hydrogen-bond donors (Lipinski definition) is 2. The van der Waals surface area contributed by atoms with Crippen LogP contribution >= 0.6 is 0 Å². The van der Waals surface area contributed by atoms with Crippen molar-refractivity contribution >= 4 is 11.7 Å². The van der Waals surface area contributed by atoms with E-state index < -0.39 is 0 Å². The highest BCUT2D eigenvalue weighted by Crippen LogP contribution is 2.24. The molecule has 1 fully saturated rings. The Balaban J connectivity index is 2.25. The van der Waals surface area contributed by atoms with Crippen molar-refractivity contribution in [3.63, 3.8) is 0 Å². The predicted molar refractivity (Wildman–Crippen MR) is 79.8 cm³/mol. The first-order valence-corrected chi connectivity index (χ1v) is 7.07. The highest BCUT2D eigenvalue weighted by molar-refractivity contribution is 5.82. The average molecular weight is 279 g/mol. The molecule has 6 nitrogen and oxygen atoms in total. The van der Waals surface area contributed by atoms with E-state index in [0.29, 0.717) is 13.1 Å². The van der Waals surface area contributed by atoms with E-state index in [1.54, 1.807) is 0 Å². The first-order chi connectivity index (χ1) is 9.28. The Morgan fingerprint density at radius 1 is 1.40 bits per heavy atom. The summed E-state index contributed by atoms with van der Waals surface area (Å²) in [6, 6.07) is 0. The Kier molecular flexibility index (Phi) is 4.04. The lowest BCUT2D eigenvalue weighted by molar-refractivity contribution is -0.120. The van der Waals surface area contributed by atoms with Crippen LogP contribution in [0.4, 0.5) is 5.82 Å². The van der Waals surface area contributed by atoms with E-state index in [0.717, 1.165) is 24.6 Å². The molecule has 1 saturated heterocycles. The van der Waals surface area contributed by atoms with Crippen LogP contribution in [0.5, 0.6) is 0 Å². The first kappa shape index (κ1) is 14.8. The molecule has 20 heavy (non-hydrogen) atoms. The lowest BCUT2D eigenvalue weighted by atomic mass is 10.1. The maximum Gasteiger partial charge on any atom is 0.239 e. The number of hydrogen-bond acceptors (Lipinski definition) is 4. The molecule has 1 amide bonds. The number of piperazine rings is 1. The molecule has 0 bridgehead atoms. The summed E-state index contributed by atoms with van der Waals surface area (Å²) in [4.78, 5) is 13.7. The van der Waals surface area contributed by atoms with Gasteiger partial charge in [0.15, 0.2) is 0 Å². The van der Waals surface area contributed by atoms with E-state index >= 15 is 0 Å². The van der Waals surface area contributed by atoms with Crippen molar-refractivity contribution in [3.8, 4) is 0 Å². The first-order valence-electron chi connectivity index (χ1n) is 7.07. The third-order valence-corrected chi connectivity index (χ3v) is 3.45. The van der Waals surface area contributed by atoms with Crippen LogP contribution in [0, 0.1) is 6.92 Å². The van der Waals surface area contributed by atoms with Gasteiger partial charge in [0.05, 0.1) is 12.2 Å². The minimum Gasteiger partial charge on any atom is -0.353 e. The van der Waals surface area contributed by atoms with Crippen LogP contribution < -0.4 is 15.5 Å². The normalized spacial score (nSPS) is 16.4. The Morgan fingerprint density at radius 3 is 2.70 bits per heavy atom. The zero-order valence-electron chi connectivity index (χ0n) is 13.1. The van der Waals surface area contributed by atoms with Gasteiger partial charge < -0.3 is 15.5 Å². The van der Waals surface area contributed by atoms with Gasteiger partial charge >= 0.3 is 0 Å². The summed E-state index contributed by atoms with van der Waals surface area (Å²) in [7, 11) is 1.94. The molecule has 0 saturated carbocycles. The molecule has 2 N–H and O–H groups in total. The Bertz CT molecular complexity index is 500. The SMILES string of the molecule is Cc1nn(C)c(N2CCNC(=O)C2)c1CNC(C)(C)C. The zero-order chi connectivity index (χ0) is 14.9. The van der Waals surface area contributed by atoms with E-state index in [9.17, 15) is 4.79 Å². The number of carbonyl (C=O) groups excluding carboxylic acids is 1. The summed E-state index contributed by atoms with van der Waals surface area (Å²) < 4.78 is 1.88. The van der Waals surface area contributed by atoms with E-state index in [4.69, 9.17) is 0 Å². The fraction of sp³-hybridized carbons (Fsp3) is 0.714. The van der Waals surface area contributed by atoms with Crippen molar-refractivity contribution in [2.75, 3.05) is 24.5 Å². The molecule has 1 aliphatic heterocycles. The molecule has 0 aromatic carbocycles. The van der Waals surface area contributed by atoms with Crippen molar-refractivity contribution in [1.82, 2.24) is 20.4 Å². The number of aromatic nitrogens is 2. The molecule has 0 spiro atoms. The third kappa shape index (κ3) is 3.30. The highest BCUT2D eigenvalue weighted by atomic mass is 16.2. The van der Waals surface area contributed by atoms with Crippen LogP contribution in [-0.4, -0.2) is 40.9 Å². The zero-order valence-corrected chi connectivity index (χ0v) is 13.1. The van der Waals surface area contributed by atoms with Crippen molar-refractivity contribution < 1.29 is 4.79 Å². The van der Waals surface area contributed by atoms with Crippen molar-refractivity contribution in [1.29, 1.82) is 0 Å². The largest absolute Gasteiger partial charge is 0.353 e. The number of amides is 1. The molecule has 2 heterocycles. The van der Waals surface area contributed by atoms with Crippen LogP contribution in [0.1, 0.15) is 32.0 Å². The number of anilines is 1. The van der Waals surface area contributed by atoms with Gasteiger partial charge in [0, 0.05) is 37.8 Å². The van der Waals surface area contributed by atoms with Crippen molar-refractivity contribution in [2.24, 2.45) is 7.05 Å². The maximum atomic E-state index is 11.6. The van der Waals surface area contributed by atoms with Crippen LogP contribution in [0.25, 0.3) is 0 Å². The van der Waals surface area contributed by atoms with Gasteiger partial charge in [-0.1, -0.05) is 0 Å². The summed E-state index contributed by atoms with van der Waals surface area (Å²) >= 11 is 0. The van der Waals surface area contributed by atoms with Gasteiger partial charge in [0.1, 0.15) is 5.82 Å². The molecule has 6 heteroatoms. The molecule has 0 radical (unpaired) electrons. The molecule has 0 atom stereocenters. The molecular formula is C14H25N5O. The minimum absolute atomic E-state index is 0.0544. The monoisotopic (exact) mass is 279 g/mol. The van der Waals surface area contributed by atoms with Gasteiger partial charge in [-0.05, 0) is 27.7 Å². The Hall–Kier alpha value is -1.56. The smallest absolute Gasteiger partial charge is 0.239 e. The number of carbonyl (C=O) groups is 1. The summed E-state index contributed by atoms with van der Waals surface area (Å²) in [6.45, 7) is 11.1. The quantitative estimate of drug-likeness (QED) is 0.848. The summed E-state index contributed by atoms with van der Waals surface area (Å²) in [5.74, 6) is 1.12. The molecule has 2 rings (SSSR count). The molecular weight excluding hydrogens is 254 g/mol. The Morgan fingerprint density at radius 2 is 2.10 bits per heavy atom. The van der Waals surface area contributed by atoms with E-state index in [-0.39, 0.29) is 11.4 Å². The molecule has 0 aliphatic carbocycles. The van der Waals surface area contributed by atoms with Crippen LogP contribution in [0.2, 0.25) is 0 Å². The highest BCUT2D eigenvalue weighted by Gasteiger charge is 2.24. The number of rotatable bonds is 3. The minimum atomic E-state index is 0.0544. The molecule has 1 aromatic heterocycles.